The number of hydrogen-bond acceptors (Lipinski definition) is 5. The molecule has 2 aliphatic heterocycles. The lowest BCUT2D eigenvalue weighted by atomic mass is 9.69. The van der Waals surface area contributed by atoms with Gasteiger partial charge in [-0.3, -0.25) is 0 Å². The number of methoxy groups -OCH3 is 1. The Morgan fingerprint density at radius 3 is 3.07 bits per heavy atom. The number of nitrogens with one attached hydrogen (secondary N) is 1. The van der Waals surface area contributed by atoms with Crippen LogP contribution in [-0.2, 0) is 16.7 Å². The number of benzene rings is 1. The highest BCUT2D eigenvalue weighted by Gasteiger charge is 2.53. The van der Waals surface area contributed by atoms with Gasteiger partial charge in [0.1, 0.15) is 12.2 Å². The van der Waals surface area contributed by atoms with E-state index in [9.17, 15) is 0 Å². The second-order valence-electron chi connectivity index (χ2n) is 8.08. The van der Waals surface area contributed by atoms with Crippen LogP contribution in [0.4, 0.5) is 0 Å². The maximum atomic E-state index is 6.51. The standard InChI is InChI=1S/C22H30N2O3S/c1-4-5-11-23-21(28)26-16-8-9-22-10-12-24(2)14-15-6-7-17(25-3)20(19(15)22)27-18(22)13-16/h6-9,16,18H,4-5,10-14H2,1-3H3,(H,23,28)/t16-,18-,22?/m0/s1. The van der Waals surface area contributed by atoms with Crippen LogP contribution < -0.4 is 14.8 Å². The molecule has 4 rings (SSSR count). The first kappa shape index (κ1) is 19.5. The van der Waals surface area contributed by atoms with E-state index in [4.69, 9.17) is 26.4 Å². The molecule has 2 heterocycles. The average Bonchev–Trinajstić information content (AvgIpc) is 2.94. The molecule has 1 N–H and O–H groups in total. The first-order chi connectivity index (χ1) is 13.6. The summed E-state index contributed by atoms with van der Waals surface area (Å²) in [6, 6.07) is 4.22. The lowest BCUT2D eigenvalue weighted by molar-refractivity contribution is 0.0867. The normalized spacial score (nSPS) is 28.0. The largest absolute Gasteiger partial charge is 0.493 e. The van der Waals surface area contributed by atoms with Crippen LogP contribution in [0, 0.1) is 0 Å². The molecular formula is C22H30N2O3S. The third-order valence-corrected chi connectivity index (χ3v) is 6.43. The fourth-order valence-electron chi connectivity index (χ4n) is 4.70. The SMILES string of the molecule is CCCCNC(=S)O[C@H]1C=CC23CCN(C)Cc4ccc(OC)c(c42)O[C@H]3C1. The monoisotopic (exact) mass is 402 g/mol. The molecule has 28 heavy (non-hydrogen) atoms. The zero-order valence-corrected chi connectivity index (χ0v) is 17.8. The molecule has 152 valence electrons. The van der Waals surface area contributed by atoms with Gasteiger partial charge in [-0.15, -0.1) is 0 Å². The van der Waals surface area contributed by atoms with Gasteiger partial charge < -0.3 is 24.4 Å². The molecule has 3 aliphatic rings. The Kier molecular flexibility index (Phi) is 5.52. The van der Waals surface area contributed by atoms with Crippen molar-refractivity contribution >= 4 is 17.4 Å². The maximum absolute atomic E-state index is 6.51. The zero-order valence-electron chi connectivity index (χ0n) is 17.0. The second-order valence-corrected chi connectivity index (χ2v) is 8.46. The van der Waals surface area contributed by atoms with Crippen molar-refractivity contribution in [3.63, 3.8) is 0 Å². The van der Waals surface area contributed by atoms with Crippen molar-refractivity contribution in [2.24, 2.45) is 0 Å². The summed E-state index contributed by atoms with van der Waals surface area (Å²) in [4.78, 5) is 2.38. The fourth-order valence-corrected chi connectivity index (χ4v) is 4.92. The first-order valence-electron chi connectivity index (χ1n) is 10.3. The Morgan fingerprint density at radius 2 is 2.29 bits per heavy atom. The zero-order chi connectivity index (χ0) is 19.7. The molecule has 6 heteroatoms. The maximum Gasteiger partial charge on any atom is 0.257 e. The number of unbranched alkanes of at least 4 members (excludes halogenated alkanes) is 1. The van der Waals surface area contributed by atoms with Gasteiger partial charge in [0.15, 0.2) is 11.5 Å². The molecule has 1 aromatic rings. The van der Waals surface area contributed by atoms with E-state index >= 15 is 0 Å². The third kappa shape index (κ3) is 3.37. The quantitative estimate of drug-likeness (QED) is 0.462. The highest BCUT2D eigenvalue weighted by Crippen LogP contribution is 2.55. The topological polar surface area (TPSA) is 43.0 Å². The van der Waals surface area contributed by atoms with E-state index in [0.717, 1.165) is 56.8 Å². The predicted molar refractivity (Wildman–Crippen MR) is 114 cm³/mol. The summed E-state index contributed by atoms with van der Waals surface area (Å²) in [5.41, 5.74) is 2.53. The molecular weight excluding hydrogens is 372 g/mol. The lowest BCUT2D eigenvalue weighted by Gasteiger charge is -2.37. The van der Waals surface area contributed by atoms with E-state index in [-0.39, 0.29) is 17.6 Å². The summed E-state index contributed by atoms with van der Waals surface area (Å²) in [6.45, 7) is 4.98. The van der Waals surface area contributed by atoms with Gasteiger partial charge in [-0.05, 0) is 56.4 Å². The van der Waals surface area contributed by atoms with Crippen LogP contribution in [0.5, 0.6) is 11.5 Å². The molecule has 1 aromatic carbocycles. The molecule has 5 nitrogen and oxygen atoms in total. The van der Waals surface area contributed by atoms with Gasteiger partial charge in [-0.2, -0.15) is 0 Å². The van der Waals surface area contributed by atoms with Crippen LogP contribution in [0.3, 0.4) is 0 Å². The van der Waals surface area contributed by atoms with Gasteiger partial charge in [0, 0.05) is 25.1 Å². The van der Waals surface area contributed by atoms with Crippen LogP contribution in [0.1, 0.15) is 43.7 Å². The van der Waals surface area contributed by atoms with Crippen molar-refractivity contribution < 1.29 is 14.2 Å². The van der Waals surface area contributed by atoms with E-state index in [1.165, 1.54) is 11.1 Å². The van der Waals surface area contributed by atoms with Crippen LogP contribution in [0.15, 0.2) is 24.3 Å². The summed E-state index contributed by atoms with van der Waals surface area (Å²) >= 11 is 5.37. The molecule has 0 bridgehead atoms. The summed E-state index contributed by atoms with van der Waals surface area (Å²) in [7, 11) is 3.89. The third-order valence-electron chi connectivity index (χ3n) is 6.19. The Bertz CT molecular complexity index is 781. The molecule has 0 amide bonds. The van der Waals surface area contributed by atoms with Crippen LogP contribution in [0.25, 0.3) is 0 Å². The van der Waals surface area contributed by atoms with Crippen molar-refractivity contribution in [2.75, 3.05) is 27.2 Å². The molecule has 0 saturated carbocycles. The van der Waals surface area contributed by atoms with Crippen molar-refractivity contribution in [3.8, 4) is 11.5 Å². The number of thiocarbonyl (C=S) groups is 1. The minimum Gasteiger partial charge on any atom is -0.493 e. The van der Waals surface area contributed by atoms with Gasteiger partial charge in [-0.25, -0.2) is 0 Å². The van der Waals surface area contributed by atoms with Crippen LogP contribution in [0.2, 0.25) is 0 Å². The van der Waals surface area contributed by atoms with Crippen LogP contribution in [-0.4, -0.2) is 49.5 Å². The Hall–Kier alpha value is -1.79. The number of rotatable bonds is 5. The second kappa shape index (κ2) is 7.91. The van der Waals surface area contributed by atoms with E-state index in [2.05, 4.69) is 42.4 Å². The number of nitrogens with zero attached hydrogens (tertiary/aromatic N) is 1. The Morgan fingerprint density at radius 1 is 1.43 bits per heavy atom. The molecule has 0 saturated heterocycles. The van der Waals surface area contributed by atoms with Gasteiger partial charge in [0.05, 0.1) is 12.5 Å². The van der Waals surface area contributed by atoms with Crippen molar-refractivity contribution in [2.45, 2.75) is 56.8 Å². The molecule has 0 fully saturated rings. The van der Waals surface area contributed by atoms with Gasteiger partial charge in [-0.1, -0.05) is 25.5 Å². The van der Waals surface area contributed by atoms with Gasteiger partial charge in [0.25, 0.3) is 5.17 Å². The molecule has 0 aromatic heterocycles. The van der Waals surface area contributed by atoms with E-state index in [1.807, 2.05) is 6.07 Å². The summed E-state index contributed by atoms with van der Waals surface area (Å²) in [5, 5.41) is 3.67. The number of ether oxygens (including phenoxy) is 3. The molecule has 1 spiro atoms. The summed E-state index contributed by atoms with van der Waals surface area (Å²) in [5.74, 6) is 1.73. The Labute approximate surface area is 173 Å². The van der Waals surface area contributed by atoms with Crippen LogP contribution >= 0.6 is 12.2 Å². The molecule has 1 unspecified atom stereocenters. The number of hydrogen-bond donors (Lipinski definition) is 1. The fraction of sp³-hybridized carbons (Fsp3) is 0.591. The predicted octanol–water partition coefficient (Wildman–Crippen LogP) is 3.55. The highest BCUT2D eigenvalue weighted by atomic mass is 32.1. The lowest BCUT2D eigenvalue weighted by Crippen LogP contribution is -2.44. The summed E-state index contributed by atoms with van der Waals surface area (Å²) < 4.78 is 18.1. The van der Waals surface area contributed by atoms with Gasteiger partial charge >= 0.3 is 0 Å². The van der Waals surface area contributed by atoms with Crippen molar-refractivity contribution in [1.82, 2.24) is 10.2 Å². The van der Waals surface area contributed by atoms with Gasteiger partial charge in [0.2, 0.25) is 0 Å². The summed E-state index contributed by atoms with van der Waals surface area (Å²) in [6.07, 6.45) is 8.50. The molecule has 1 aliphatic carbocycles. The average molecular weight is 403 g/mol. The van der Waals surface area contributed by atoms with E-state index < -0.39 is 0 Å². The van der Waals surface area contributed by atoms with Crippen molar-refractivity contribution in [3.05, 3.63) is 35.4 Å². The highest BCUT2D eigenvalue weighted by molar-refractivity contribution is 7.80. The first-order valence-corrected chi connectivity index (χ1v) is 10.7. The van der Waals surface area contributed by atoms with E-state index in [0.29, 0.717) is 5.17 Å². The minimum atomic E-state index is -0.110. The Balaban J connectivity index is 1.60. The van der Waals surface area contributed by atoms with E-state index in [1.54, 1.807) is 7.11 Å². The molecule has 3 atom stereocenters. The van der Waals surface area contributed by atoms with Crippen molar-refractivity contribution in [1.29, 1.82) is 0 Å². The smallest absolute Gasteiger partial charge is 0.257 e. The molecule has 0 radical (unpaired) electrons. The minimum absolute atomic E-state index is 0.0393.